The van der Waals surface area contributed by atoms with Gasteiger partial charge in [0.1, 0.15) is 11.1 Å². The Morgan fingerprint density at radius 2 is 2.14 bits per heavy atom. The summed E-state index contributed by atoms with van der Waals surface area (Å²) in [4.78, 5) is 21.9. The first-order valence-corrected chi connectivity index (χ1v) is 4.62. The maximum absolute atomic E-state index is 11.4. The van der Waals surface area contributed by atoms with Crippen molar-refractivity contribution >= 4 is 5.78 Å². The van der Waals surface area contributed by atoms with Crippen LogP contribution >= 0.6 is 0 Å². The molecular formula is C10H15NO3. The van der Waals surface area contributed by atoms with E-state index in [-0.39, 0.29) is 5.78 Å². The molecule has 1 rings (SSSR count). The van der Waals surface area contributed by atoms with Gasteiger partial charge < -0.3 is 5.11 Å². The molecule has 1 atom stereocenters. The van der Waals surface area contributed by atoms with Crippen molar-refractivity contribution in [1.29, 1.82) is 0 Å². The predicted molar refractivity (Wildman–Crippen MR) is 52.8 cm³/mol. The van der Waals surface area contributed by atoms with Crippen molar-refractivity contribution in [3.05, 3.63) is 16.6 Å². The van der Waals surface area contributed by atoms with E-state index in [2.05, 4.69) is 5.18 Å². The van der Waals surface area contributed by atoms with Crippen LogP contribution in [0, 0.1) is 4.91 Å². The molecule has 1 aliphatic rings. The minimum Gasteiger partial charge on any atom is -0.382 e. The largest absolute Gasteiger partial charge is 0.382 e. The molecule has 1 aliphatic carbocycles. The van der Waals surface area contributed by atoms with E-state index in [1.807, 2.05) is 0 Å². The van der Waals surface area contributed by atoms with Crippen molar-refractivity contribution in [3.63, 3.8) is 0 Å². The van der Waals surface area contributed by atoms with Crippen LogP contribution in [-0.4, -0.2) is 22.0 Å². The van der Waals surface area contributed by atoms with Crippen molar-refractivity contribution in [3.8, 4) is 0 Å². The third kappa shape index (κ3) is 1.90. The monoisotopic (exact) mass is 197 g/mol. The third-order valence-electron chi connectivity index (χ3n) is 2.73. The summed E-state index contributed by atoms with van der Waals surface area (Å²) < 4.78 is 0. The van der Waals surface area contributed by atoms with Crippen molar-refractivity contribution < 1.29 is 9.90 Å². The summed E-state index contributed by atoms with van der Waals surface area (Å²) in [6.45, 7) is 4.82. The molecule has 4 nitrogen and oxygen atoms in total. The molecule has 0 spiro atoms. The topological polar surface area (TPSA) is 66.7 Å². The Kier molecular flexibility index (Phi) is 2.58. The van der Waals surface area contributed by atoms with Crippen LogP contribution in [0.1, 0.15) is 33.6 Å². The Morgan fingerprint density at radius 3 is 2.57 bits per heavy atom. The molecule has 0 aromatic rings. The lowest BCUT2D eigenvalue weighted by molar-refractivity contribution is -0.131. The van der Waals surface area contributed by atoms with E-state index >= 15 is 0 Å². The maximum Gasteiger partial charge on any atom is 0.186 e. The van der Waals surface area contributed by atoms with Gasteiger partial charge in [-0.1, -0.05) is 5.18 Å². The van der Waals surface area contributed by atoms with Gasteiger partial charge in [0.2, 0.25) is 0 Å². The zero-order chi connectivity index (χ0) is 11.0. The first-order valence-electron chi connectivity index (χ1n) is 4.62. The van der Waals surface area contributed by atoms with Crippen molar-refractivity contribution in [2.75, 3.05) is 0 Å². The fourth-order valence-electron chi connectivity index (χ4n) is 1.43. The van der Waals surface area contributed by atoms with Gasteiger partial charge in [-0.2, -0.15) is 0 Å². The minimum atomic E-state index is -1.28. The lowest BCUT2D eigenvalue weighted by Gasteiger charge is -2.29. The summed E-state index contributed by atoms with van der Waals surface area (Å²) in [6.07, 6.45) is 2.25. The molecule has 0 saturated carbocycles. The van der Waals surface area contributed by atoms with Gasteiger partial charge in [-0.05, 0) is 45.3 Å². The zero-order valence-corrected chi connectivity index (χ0v) is 8.70. The zero-order valence-electron chi connectivity index (χ0n) is 8.70. The predicted octanol–water partition coefficient (Wildman–Crippen LogP) is 1.57. The molecule has 78 valence electrons. The molecule has 0 radical (unpaired) electrons. The summed E-state index contributed by atoms with van der Waals surface area (Å²) >= 11 is 0. The Labute approximate surface area is 83.0 Å². The number of rotatable bonds is 2. The van der Waals surface area contributed by atoms with Gasteiger partial charge in [0.25, 0.3) is 0 Å². The maximum atomic E-state index is 11.4. The molecule has 0 aromatic heterocycles. The SMILES string of the molecule is CC1(O)CCC(C(C)(C)N=O)=CC1=O. The molecule has 0 amide bonds. The van der Waals surface area contributed by atoms with Crippen LogP contribution in [0.2, 0.25) is 0 Å². The molecule has 0 saturated heterocycles. The smallest absolute Gasteiger partial charge is 0.186 e. The Hall–Kier alpha value is -1.03. The molecule has 0 bridgehead atoms. The van der Waals surface area contributed by atoms with Crippen LogP contribution in [0.3, 0.4) is 0 Å². The van der Waals surface area contributed by atoms with Gasteiger partial charge in [-0.3, -0.25) is 4.79 Å². The number of aliphatic hydroxyl groups is 1. The lowest BCUT2D eigenvalue weighted by atomic mass is 9.79. The molecule has 14 heavy (non-hydrogen) atoms. The third-order valence-corrected chi connectivity index (χ3v) is 2.73. The summed E-state index contributed by atoms with van der Waals surface area (Å²) in [5, 5.41) is 12.6. The minimum absolute atomic E-state index is 0.338. The molecule has 1 unspecified atom stereocenters. The first kappa shape index (κ1) is 11.0. The molecule has 0 heterocycles. The molecule has 0 fully saturated rings. The number of carbonyl (C=O) groups is 1. The van der Waals surface area contributed by atoms with Gasteiger partial charge in [0.15, 0.2) is 5.78 Å². The van der Waals surface area contributed by atoms with Gasteiger partial charge in [-0.15, -0.1) is 4.91 Å². The van der Waals surface area contributed by atoms with Crippen LogP contribution in [0.25, 0.3) is 0 Å². The number of hydrogen-bond donors (Lipinski definition) is 1. The standard InChI is InChI=1S/C10H15NO3/c1-9(2,11-14)7-4-5-10(3,13)8(12)6-7/h6,13H,4-5H2,1-3H3. The Morgan fingerprint density at radius 1 is 1.57 bits per heavy atom. The normalized spacial score (nSPS) is 28.6. The van der Waals surface area contributed by atoms with Crippen molar-refractivity contribution in [2.45, 2.75) is 44.8 Å². The molecule has 0 aromatic carbocycles. The summed E-state index contributed by atoms with van der Waals surface area (Å²) in [5.41, 5.74) is -1.42. The van der Waals surface area contributed by atoms with E-state index < -0.39 is 11.1 Å². The van der Waals surface area contributed by atoms with Gasteiger partial charge in [-0.25, -0.2) is 0 Å². The quantitative estimate of drug-likeness (QED) is 0.683. The first-order chi connectivity index (χ1) is 6.29. The summed E-state index contributed by atoms with van der Waals surface area (Å²) in [6, 6.07) is 0. The van der Waals surface area contributed by atoms with E-state index in [1.165, 1.54) is 13.0 Å². The lowest BCUT2D eigenvalue weighted by Crippen LogP contribution is -2.39. The fourth-order valence-corrected chi connectivity index (χ4v) is 1.43. The second-order valence-corrected chi connectivity index (χ2v) is 4.46. The van der Waals surface area contributed by atoms with Gasteiger partial charge >= 0.3 is 0 Å². The highest BCUT2D eigenvalue weighted by Crippen LogP contribution is 2.32. The fraction of sp³-hybridized carbons (Fsp3) is 0.700. The van der Waals surface area contributed by atoms with Crippen LogP contribution < -0.4 is 0 Å². The summed E-state index contributed by atoms with van der Waals surface area (Å²) in [5.74, 6) is -0.338. The van der Waals surface area contributed by atoms with Crippen LogP contribution in [-0.2, 0) is 4.79 Å². The molecule has 0 aliphatic heterocycles. The number of nitroso groups, excluding NO2 is 1. The molecule has 1 N–H and O–H groups in total. The van der Waals surface area contributed by atoms with E-state index in [0.717, 1.165) is 0 Å². The molecule has 4 heteroatoms. The number of nitrogens with zero attached hydrogens (tertiary/aromatic N) is 1. The Bertz CT molecular complexity index is 302. The second-order valence-electron chi connectivity index (χ2n) is 4.46. The van der Waals surface area contributed by atoms with Gasteiger partial charge in [0.05, 0.1) is 0 Å². The summed E-state index contributed by atoms with van der Waals surface area (Å²) in [7, 11) is 0. The highest BCUT2D eigenvalue weighted by Gasteiger charge is 2.36. The number of carbonyl (C=O) groups excluding carboxylic acids is 1. The van der Waals surface area contributed by atoms with Crippen molar-refractivity contribution in [1.82, 2.24) is 0 Å². The van der Waals surface area contributed by atoms with Crippen LogP contribution in [0.5, 0.6) is 0 Å². The van der Waals surface area contributed by atoms with E-state index in [0.29, 0.717) is 18.4 Å². The number of hydrogen-bond acceptors (Lipinski definition) is 4. The highest BCUT2D eigenvalue weighted by molar-refractivity contribution is 5.98. The van der Waals surface area contributed by atoms with Crippen LogP contribution in [0.4, 0.5) is 0 Å². The van der Waals surface area contributed by atoms with Crippen molar-refractivity contribution in [2.24, 2.45) is 5.18 Å². The van der Waals surface area contributed by atoms with E-state index in [4.69, 9.17) is 0 Å². The van der Waals surface area contributed by atoms with Crippen LogP contribution in [0.15, 0.2) is 16.8 Å². The number of ketones is 1. The van der Waals surface area contributed by atoms with E-state index in [1.54, 1.807) is 13.8 Å². The second kappa shape index (κ2) is 3.28. The van der Waals surface area contributed by atoms with Gasteiger partial charge in [0, 0.05) is 0 Å². The Balaban J connectivity index is 2.98. The average molecular weight is 197 g/mol. The van der Waals surface area contributed by atoms with E-state index in [9.17, 15) is 14.8 Å². The molecular weight excluding hydrogens is 182 g/mol. The average Bonchev–Trinajstić information content (AvgIpc) is 2.09. The highest BCUT2D eigenvalue weighted by atomic mass is 16.3.